The number of hydrogen-bond acceptors (Lipinski definition) is 5. The van der Waals surface area contributed by atoms with E-state index >= 15 is 0 Å². The first-order valence-corrected chi connectivity index (χ1v) is 6.29. The first kappa shape index (κ1) is 14.5. The van der Waals surface area contributed by atoms with Gasteiger partial charge in [-0.25, -0.2) is 9.37 Å². The summed E-state index contributed by atoms with van der Waals surface area (Å²) < 4.78 is 18.7. The summed E-state index contributed by atoms with van der Waals surface area (Å²) >= 11 is 5.95. The second-order valence-electron chi connectivity index (χ2n) is 4.04. The van der Waals surface area contributed by atoms with Crippen LogP contribution in [-0.2, 0) is 13.1 Å². The van der Waals surface area contributed by atoms with Crippen LogP contribution in [0.4, 0.5) is 10.2 Å². The maximum atomic E-state index is 13.8. The summed E-state index contributed by atoms with van der Waals surface area (Å²) in [5.41, 5.74) is 6.69. The van der Waals surface area contributed by atoms with E-state index in [4.69, 9.17) is 22.1 Å². The molecule has 0 amide bonds. The number of nitrogens with zero attached hydrogens (tertiary/aromatic N) is 2. The van der Waals surface area contributed by atoms with Crippen molar-refractivity contribution in [3.05, 3.63) is 46.4 Å². The summed E-state index contributed by atoms with van der Waals surface area (Å²) in [4.78, 5) is 7.91. The zero-order valence-electron chi connectivity index (χ0n) is 10.9. The van der Waals surface area contributed by atoms with Crippen LogP contribution in [-0.4, -0.2) is 17.1 Å². The SMILES string of the molecule is COc1ncc(Cl)c(NCc2ccc(CN)cc2F)n1. The monoisotopic (exact) mass is 296 g/mol. The number of aromatic nitrogens is 2. The molecule has 0 saturated heterocycles. The molecule has 0 bridgehead atoms. The van der Waals surface area contributed by atoms with Gasteiger partial charge in [-0.1, -0.05) is 23.7 Å². The van der Waals surface area contributed by atoms with Gasteiger partial charge in [0.05, 0.1) is 13.3 Å². The number of nitrogens with two attached hydrogens (primary N) is 1. The Morgan fingerprint density at radius 2 is 2.25 bits per heavy atom. The third-order valence-corrected chi connectivity index (χ3v) is 2.98. The molecule has 1 aromatic heterocycles. The third kappa shape index (κ3) is 3.34. The molecule has 2 rings (SSSR count). The molecule has 3 N–H and O–H groups in total. The summed E-state index contributed by atoms with van der Waals surface area (Å²) in [5, 5.41) is 3.29. The van der Waals surface area contributed by atoms with Crippen LogP contribution in [0.1, 0.15) is 11.1 Å². The Bertz CT molecular complexity index is 609. The van der Waals surface area contributed by atoms with Gasteiger partial charge in [-0.05, 0) is 11.6 Å². The first-order chi connectivity index (χ1) is 9.63. The van der Waals surface area contributed by atoms with Crippen molar-refractivity contribution in [1.82, 2.24) is 9.97 Å². The van der Waals surface area contributed by atoms with E-state index < -0.39 is 0 Å². The van der Waals surface area contributed by atoms with Crippen LogP contribution < -0.4 is 15.8 Å². The van der Waals surface area contributed by atoms with E-state index in [9.17, 15) is 4.39 Å². The van der Waals surface area contributed by atoms with E-state index in [1.807, 2.05) is 0 Å². The van der Waals surface area contributed by atoms with Gasteiger partial charge in [-0.3, -0.25) is 0 Å². The summed E-state index contributed by atoms with van der Waals surface area (Å²) in [6, 6.07) is 5.06. The van der Waals surface area contributed by atoms with Crippen LogP contribution in [0.5, 0.6) is 6.01 Å². The molecule has 1 aromatic carbocycles. The second-order valence-corrected chi connectivity index (χ2v) is 4.44. The predicted octanol–water partition coefficient (Wildman–Crippen LogP) is 2.35. The summed E-state index contributed by atoms with van der Waals surface area (Å²) in [5.74, 6) is 0.0680. The third-order valence-electron chi connectivity index (χ3n) is 2.70. The quantitative estimate of drug-likeness (QED) is 0.886. The lowest BCUT2D eigenvalue weighted by Crippen LogP contribution is -2.06. The van der Waals surface area contributed by atoms with Gasteiger partial charge in [0.2, 0.25) is 0 Å². The Morgan fingerprint density at radius 1 is 1.45 bits per heavy atom. The predicted molar refractivity (Wildman–Crippen MR) is 75.2 cm³/mol. The molecule has 0 fully saturated rings. The first-order valence-electron chi connectivity index (χ1n) is 5.91. The molecule has 1 heterocycles. The zero-order valence-corrected chi connectivity index (χ0v) is 11.6. The number of methoxy groups -OCH3 is 1. The summed E-state index contributed by atoms with van der Waals surface area (Å²) in [6.45, 7) is 0.552. The fourth-order valence-electron chi connectivity index (χ4n) is 1.61. The van der Waals surface area contributed by atoms with Gasteiger partial charge < -0.3 is 15.8 Å². The molecule has 20 heavy (non-hydrogen) atoms. The minimum Gasteiger partial charge on any atom is -0.467 e. The van der Waals surface area contributed by atoms with E-state index in [0.717, 1.165) is 5.56 Å². The Balaban J connectivity index is 2.12. The molecular formula is C13H14ClFN4O. The number of rotatable bonds is 5. The van der Waals surface area contributed by atoms with Crippen molar-refractivity contribution in [1.29, 1.82) is 0 Å². The van der Waals surface area contributed by atoms with E-state index in [0.29, 0.717) is 22.9 Å². The van der Waals surface area contributed by atoms with Crippen LogP contribution in [0.2, 0.25) is 5.02 Å². The van der Waals surface area contributed by atoms with E-state index in [-0.39, 0.29) is 18.4 Å². The van der Waals surface area contributed by atoms with Gasteiger partial charge in [0.15, 0.2) is 5.82 Å². The van der Waals surface area contributed by atoms with Crippen molar-refractivity contribution in [2.45, 2.75) is 13.1 Å². The van der Waals surface area contributed by atoms with Gasteiger partial charge in [0, 0.05) is 18.7 Å². The highest BCUT2D eigenvalue weighted by molar-refractivity contribution is 6.32. The highest BCUT2D eigenvalue weighted by atomic mass is 35.5. The van der Waals surface area contributed by atoms with Gasteiger partial charge >= 0.3 is 6.01 Å². The van der Waals surface area contributed by atoms with E-state index in [1.54, 1.807) is 12.1 Å². The Hall–Kier alpha value is -1.92. The maximum Gasteiger partial charge on any atom is 0.318 e. The fraction of sp³-hybridized carbons (Fsp3) is 0.231. The Kier molecular flexibility index (Phi) is 4.70. The number of nitrogens with one attached hydrogen (secondary N) is 1. The number of hydrogen-bond donors (Lipinski definition) is 2. The second kappa shape index (κ2) is 6.49. The largest absolute Gasteiger partial charge is 0.467 e. The van der Waals surface area contributed by atoms with Crippen molar-refractivity contribution in [3.63, 3.8) is 0 Å². The van der Waals surface area contributed by atoms with Gasteiger partial charge in [-0.2, -0.15) is 4.98 Å². The van der Waals surface area contributed by atoms with Crippen LogP contribution in [0.3, 0.4) is 0 Å². The van der Waals surface area contributed by atoms with Gasteiger partial charge in [0.1, 0.15) is 10.8 Å². The van der Waals surface area contributed by atoms with Crippen molar-refractivity contribution >= 4 is 17.4 Å². The molecule has 2 aromatic rings. The van der Waals surface area contributed by atoms with Crippen molar-refractivity contribution in [3.8, 4) is 6.01 Å². The van der Waals surface area contributed by atoms with E-state index in [2.05, 4.69) is 15.3 Å². The molecular weight excluding hydrogens is 283 g/mol. The normalized spacial score (nSPS) is 10.4. The molecule has 0 aliphatic rings. The Labute approximate surface area is 120 Å². The summed E-state index contributed by atoms with van der Waals surface area (Å²) in [6.07, 6.45) is 1.42. The average molecular weight is 297 g/mol. The lowest BCUT2D eigenvalue weighted by Gasteiger charge is -2.09. The van der Waals surface area contributed by atoms with Gasteiger partial charge in [0.25, 0.3) is 0 Å². The standard InChI is InChI=1S/C13H14ClFN4O/c1-20-13-18-7-10(14)12(19-13)17-6-9-3-2-8(5-16)4-11(9)15/h2-4,7H,5-6,16H2,1H3,(H,17,18,19). The molecule has 0 radical (unpaired) electrons. The molecule has 0 saturated carbocycles. The zero-order chi connectivity index (χ0) is 14.5. The molecule has 106 valence electrons. The number of ether oxygens (including phenoxy) is 1. The highest BCUT2D eigenvalue weighted by Gasteiger charge is 2.08. The Morgan fingerprint density at radius 3 is 2.90 bits per heavy atom. The van der Waals surface area contributed by atoms with Crippen LogP contribution in [0.25, 0.3) is 0 Å². The van der Waals surface area contributed by atoms with Crippen LogP contribution in [0.15, 0.2) is 24.4 Å². The van der Waals surface area contributed by atoms with E-state index in [1.165, 1.54) is 19.4 Å². The van der Waals surface area contributed by atoms with Crippen molar-refractivity contribution in [2.24, 2.45) is 5.73 Å². The highest BCUT2D eigenvalue weighted by Crippen LogP contribution is 2.21. The van der Waals surface area contributed by atoms with Crippen molar-refractivity contribution < 1.29 is 9.13 Å². The van der Waals surface area contributed by atoms with Crippen LogP contribution >= 0.6 is 11.6 Å². The minimum absolute atomic E-state index is 0.191. The van der Waals surface area contributed by atoms with Gasteiger partial charge in [-0.15, -0.1) is 0 Å². The maximum absolute atomic E-state index is 13.8. The lowest BCUT2D eigenvalue weighted by molar-refractivity contribution is 0.380. The molecule has 5 nitrogen and oxygen atoms in total. The number of benzene rings is 1. The molecule has 0 atom stereocenters. The molecule has 0 aliphatic carbocycles. The number of anilines is 1. The molecule has 7 heteroatoms. The molecule has 0 unspecified atom stereocenters. The lowest BCUT2D eigenvalue weighted by atomic mass is 10.1. The van der Waals surface area contributed by atoms with Crippen molar-refractivity contribution in [2.75, 3.05) is 12.4 Å². The smallest absolute Gasteiger partial charge is 0.318 e. The fourth-order valence-corrected chi connectivity index (χ4v) is 1.77. The molecule has 0 aliphatic heterocycles. The summed E-state index contributed by atoms with van der Waals surface area (Å²) in [7, 11) is 1.46. The average Bonchev–Trinajstić information content (AvgIpc) is 2.47. The number of halogens is 2. The molecule has 0 spiro atoms. The minimum atomic E-state index is -0.322. The van der Waals surface area contributed by atoms with Crippen LogP contribution in [0, 0.1) is 5.82 Å². The topological polar surface area (TPSA) is 73.1 Å².